The summed E-state index contributed by atoms with van der Waals surface area (Å²) in [5, 5.41) is 0. The van der Waals surface area contributed by atoms with Crippen molar-refractivity contribution in [2.24, 2.45) is 5.73 Å². The second kappa shape index (κ2) is 6.03. The standard InChI is InChI=1S/C20H25N/c1-2-16-11-13-18(14-12-16)20(21)15-7-6-10-19(20)17-8-4-3-5-9-17/h3-5,8-9,11-14,19H,2,6-7,10,15,21H2,1H3. The molecular formula is C20H25N. The van der Waals surface area contributed by atoms with Gasteiger partial charge in [-0.3, -0.25) is 0 Å². The van der Waals surface area contributed by atoms with Crippen LogP contribution in [0.15, 0.2) is 54.6 Å². The van der Waals surface area contributed by atoms with Gasteiger partial charge in [-0.1, -0.05) is 74.4 Å². The summed E-state index contributed by atoms with van der Waals surface area (Å²) in [6.45, 7) is 2.20. The number of nitrogens with two attached hydrogens (primary N) is 1. The van der Waals surface area contributed by atoms with Crippen molar-refractivity contribution < 1.29 is 0 Å². The Bertz CT molecular complexity index is 573. The van der Waals surface area contributed by atoms with Crippen LogP contribution in [-0.2, 0) is 12.0 Å². The molecule has 3 rings (SSSR count). The highest BCUT2D eigenvalue weighted by molar-refractivity contribution is 5.35. The van der Waals surface area contributed by atoms with Crippen molar-refractivity contribution >= 4 is 0 Å². The Kier molecular flexibility index (Phi) is 4.12. The Hall–Kier alpha value is -1.60. The summed E-state index contributed by atoms with van der Waals surface area (Å²) in [4.78, 5) is 0. The minimum absolute atomic E-state index is 0.216. The van der Waals surface area contributed by atoms with Gasteiger partial charge in [-0.25, -0.2) is 0 Å². The molecule has 0 saturated heterocycles. The number of hydrogen-bond acceptors (Lipinski definition) is 1. The van der Waals surface area contributed by atoms with E-state index in [1.807, 2.05) is 0 Å². The van der Waals surface area contributed by atoms with Gasteiger partial charge in [-0.05, 0) is 36.0 Å². The third-order valence-electron chi connectivity index (χ3n) is 5.06. The summed E-state index contributed by atoms with van der Waals surface area (Å²) < 4.78 is 0. The van der Waals surface area contributed by atoms with Gasteiger partial charge >= 0.3 is 0 Å². The van der Waals surface area contributed by atoms with E-state index in [2.05, 4.69) is 61.5 Å². The maximum absolute atomic E-state index is 6.95. The molecule has 1 fully saturated rings. The van der Waals surface area contributed by atoms with E-state index in [0.29, 0.717) is 5.92 Å². The van der Waals surface area contributed by atoms with Gasteiger partial charge in [0.25, 0.3) is 0 Å². The van der Waals surface area contributed by atoms with E-state index in [4.69, 9.17) is 5.73 Å². The molecule has 0 amide bonds. The van der Waals surface area contributed by atoms with Crippen LogP contribution in [0.1, 0.15) is 55.2 Å². The smallest absolute Gasteiger partial charge is 0.0479 e. The molecule has 0 aromatic heterocycles. The average molecular weight is 279 g/mol. The highest BCUT2D eigenvalue weighted by atomic mass is 14.8. The third-order valence-corrected chi connectivity index (χ3v) is 5.06. The van der Waals surface area contributed by atoms with Crippen molar-refractivity contribution in [1.29, 1.82) is 0 Å². The minimum atomic E-state index is -0.216. The first-order valence-electron chi connectivity index (χ1n) is 8.17. The fourth-order valence-corrected chi connectivity index (χ4v) is 3.74. The Morgan fingerprint density at radius 1 is 1.00 bits per heavy atom. The van der Waals surface area contributed by atoms with E-state index in [1.165, 1.54) is 36.0 Å². The molecule has 0 radical (unpaired) electrons. The van der Waals surface area contributed by atoms with Crippen molar-refractivity contribution in [3.05, 3.63) is 71.3 Å². The summed E-state index contributed by atoms with van der Waals surface area (Å²) in [6, 6.07) is 19.8. The van der Waals surface area contributed by atoms with Crippen LogP contribution in [0.4, 0.5) is 0 Å². The summed E-state index contributed by atoms with van der Waals surface area (Å²) in [5.74, 6) is 0.430. The van der Waals surface area contributed by atoms with Gasteiger partial charge in [0, 0.05) is 11.5 Å². The molecule has 2 aromatic carbocycles. The maximum Gasteiger partial charge on any atom is 0.0479 e. The van der Waals surface area contributed by atoms with Gasteiger partial charge in [-0.2, -0.15) is 0 Å². The molecule has 0 heterocycles. The van der Waals surface area contributed by atoms with E-state index >= 15 is 0 Å². The fraction of sp³-hybridized carbons (Fsp3) is 0.400. The molecule has 110 valence electrons. The van der Waals surface area contributed by atoms with E-state index in [9.17, 15) is 0 Å². The van der Waals surface area contributed by atoms with Gasteiger partial charge in [0.15, 0.2) is 0 Å². The molecule has 2 aromatic rings. The molecular weight excluding hydrogens is 254 g/mol. The quantitative estimate of drug-likeness (QED) is 0.861. The lowest BCUT2D eigenvalue weighted by Gasteiger charge is -2.42. The van der Waals surface area contributed by atoms with Crippen molar-refractivity contribution in [2.45, 2.75) is 50.5 Å². The highest BCUT2D eigenvalue weighted by Gasteiger charge is 2.39. The molecule has 0 spiro atoms. The predicted molar refractivity (Wildman–Crippen MR) is 89.3 cm³/mol. The number of hydrogen-bond donors (Lipinski definition) is 1. The maximum atomic E-state index is 6.95. The van der Waals surface area contributed by atoms with Gasteiger partial charge < -0.3 is 5.73 Å². The van der Waals surface area contributed by atoms with Crippen LogP contribution in [0.25, 0.3) is 0 Å². The Morgan fingerprint density at radius 3 is 2.38 bits per heavy atom. The summed E-state index contributed by atoms with van der Waals surface area (Å²) in [7, 11) is 0. The van der Waals surface area contributed by atoms with Crippen LogP contribution in [0.3, 0.4) is 0 Å². The fourth-order valence-electron chi connectivity index (χ4n) is 3.74. The van der Waals surface area contributed by atoms with E-state index in [-0.39, 0.29) is 5.54 Å². The topological polar surface area (TPSA) is 26.0 Å². The molecule has 2 N–H and O–H groups in total. The van der Waals surface area contributed by atoms with Crippen LogP contribution < -0.4 is 5.73 Å². The first-order valence-corrected chi connectivity index (χ1v) is 8.17. The molecule has 1 heteroatoms. The monoisotopic (exact) mass is 279 g/mol. The Morgan fingerprint density at radius 2 is 1.71 bits per heavy atom. The summed E-state index contributed by atoms with van der Waals surface area (Å²) in [5.41, 5.74) is 10.8. The normalized spacial score (nSPS) is 25.7. The second-order valence-corrected chi connectivity index (χ2v) is 6.30. The van der Waals surface area contributed by atoms with Crippen molar-refractivity contribution in [3.63, 3.8) is 0 Å². The van der Waals surface area contributed by atoms with Crippen molar-refractivity contribution in [1.82, 2.24) is 0 Å². The van der Waals surface area contributed by atoms with Crippen molar-refractivity contribution in [3.8, 4) is 0 Å². The zero-order valence-electron chi connectivity index (χ0n) is 12.9. The van der Waals surface area contributed by atoms with E-state index < -0.39 is 0 Å². The number of aryl methyl sites for hydroxylation is 1. The molecule has 0 aliphatic heterocycles. The van der Waals surface area contributed by atoms with Crippen molar-refractivity contribution in [2.75, 3.05) is 0 Å². The highest BCUT2D eigenvalue weighted by Crippen LogP contribution is 2.45. The predicted octanol–water partition coefficient (Wildman–Crippen LogP) is 4.76. The van der Waals surface area contributed by atoms with Crippen LogP contribution in [0.2, 0.25) is 0 Å². The van der Waals surface area contributed by atoms with Gasteiger partial charge in [0.1, 0.15) is 0 Å². The van der Waals surface area contributed by atoms with Crippen LogP contribution in [-0.4, -0.2) is 0 Å². The minimum Gasteiger partial charge on any atom is -0.321 e. The van der Waals surface area contributed by atoms with Crippen LogP contribution in [0, 0.1) is 0 Å². The molecule has 1 saturated carbocycles. The van der Waals surface area contributed by atoms with Gasteiger partial charge in [0.2, 0.25) is 0 Å². The average Bonchev–Trinajstić information content (AvgIpc) is 2.56. The second-order valence-electron chi connectivity index (χ2n) is 6.30. The Balaban J connectivity index is 1.98. The first-order chi connectivity index (χ1) is 10.2. The van der Waals surface area contributed by atoms with Gasteiger partial charge in [-0.15, -0.1) is 0 Å². The number of rotatable bonds is 3. The Labute approximate surface area is 128 Å². The lowest BCUT2D eigenvalue weighted by atomic mass is 9.67. The SMILES string of the molecule is CCc1ccc(C2(N)CCCCC2c2ccccc2)cc1. The summed E-state index contributed by atoms with van der Waals surface area (Å²) in [6.07, 6.45) is 5.87. The van der Waals surface area contributed by atoms with Crippen LogP contribution in [0.5, 0.6) is 0 Å². The zero-order chi connectivity index (χ0) is 14.7. The molecule has 1 aliphatic carbocycles. The van der Waals surface area contributed by atoms with Gasteiger partial charge in [0.05, 0.1) is 0 Å². The largest absolute Gasteiger partial charge is 0.321 e. The lowest BCUT2D eigenvalue weighted by Crippen LogP contribution is -2.45. The van der Waals surface area contributed by atoms with E-state index in [0.717, 1.165) is 12.8 Å². The lowest BCUT2D eigenvalue weighted by molar-refractivity contribution is 0.254. The van der Waals surface area contributed by atoms with Crippen LogP contribution >= 0.6 is 0 Å². The zero-order valence-corrected chi connectivity index (χ0v) is 12.9. The number of benzene rings is 2. The third kappa shape index (κ3) is 2.75. The molecule has 2 atom stereocenters. The molecule has 0 bridgehead atoms. The summed E-state index contributed by atoms with van der Waals surface area (Å²) >= 11 is 0. The molecule has 1 aliphatic rings. The van der Waals surface area contributed by atoms with E-state index in [1.54, 1.807) is 0 Å². The molecule has 1 nitrogen and oxygen atoms in total. The molecule has 21 heavy (non-hydrogen) atoms. The molecule has 2 unspecified atom stereocenters. The first kappa shape index (κ1) is 14.3.